The number of fused-ring (bicyclic) bond motifs is 1. The van der Waals surface area contributed by atoms with E-state index < -0.39 is 61.4 Å². The molecular weight excluding hydrogens is 569 g/mol. The number of alkyl halides is 2. The van der Waals surface area contributed by atoms with Gasteiger partial charge in [-0.2, -0.15) is 4.98 Å². The van der Waals surface area contributed by atoms with Crippen LogP contribution in [0.1, 0.15) is 27.0 Å². The fourth-order valence-corrected chi connectivity index (χ4v) is 6.34. The molecule has 216 valence electrons. The molecule has 1 aliphatic rings. The molecule has 4 rings (SSSR count). The summed E-state index contributed by atoms with van der Waals surface area (Å²) < 4.78 is 53.1. The number of nitrogens with zero attached hydrogens (tertiary/aromatic N) is 2. The minimum Gasteiger partial charge on any atom is -0.462 e. The Hall–Kier alpha value is -3.00. The van der Waals surface area contributed by atoms with E-state index in [-0.39, 0.29) is 11.6 Å². The van der Waals surface area contributed by atoms with Crippen LogP contribution in [0.5, 0.6) is 5.75 Å². The highest BCUT2D eigenvalue weighted by Gasteiger charge is 2.59. The van der Waals surface area contributed by atoms with Crippen molar-refractivity contribution in [3.05, 3.63) is 65.2 Å². The van der Waals surface area contributed by atoms with Gasteiger partial charge in [0.1, 0.15) is 17.6 Å². The van der Waals surface area contributed by atoms with Gasteiger partial charge in [0.2, 0.25) is 0 Å². The molecule has 11 nitrogen and oxygen atoms in total. The van der Waals surface area contributed by atoms with E-state index in [0.29, 0.717) is 4.57 Å². The first-order valence-corrected chi connectivity index (χ1v) is 14.9. The summed E-state index contributed by atoms with van der Waals surface area (Å²) in [6.07, 6.45) is -5.52. The predicted molar refractivity (Wildman–Crippen MR) is 146 cm³/mol. The average Bonchev–Trinajstić information content (AvgIpc) is 3.10. The lowest BCUT2D eigenvalue weighted by molar-refractivity contribution is -0.149. The van der Waals surface area contributed by atoms with E-state index in [0.717, 1.165) is 17.0 Å². The van der Waals surface area contributed by atoms with Gasteiger partial charge in [-0.15, -0.1) is 0 Å². The van der Waals surface area contributed by atoms with Gasteiger partial charge in [-0.25, -0.2) is 18.7 Å². The molecule has 2 heterocycles. The molecule has 0 bridgehead atoms. The number of hydrogen-bond acceptors (Lipinski definition) is 10. The Morgan fingerprint density at radius 1 is 1.25 bits per heavy atom. The van der Waals surface area contributed by atoms with Crippen molar-refractivity contribution < 1.29 is 37.2 Å². The molecule has 5 unspecified atom stereocenters. The smallest absolute Gasteiger partial charge is 0.351 e. The quantitative estimate of drug-likeness (QED) is 0.234. The van der Waals surface area contributed by atoms with E-state index in [4.69, 9.17) is 36.1 Å². The molecule has 40 heavy (non-hydrogen) atoms. The number of halogens is 2. The lowest BCUT2D eigenvalue weighted by Crippen LogP contribution is -2.42. The first kappa shape index (κ1) is 30.0. The van der Waals surface area contributed by atoms with Crippen LogP contribution in [0.2, 0.25) is 0 Å². The van der Waals surface area contributed by atoms with Crippen molar-refractivity contribution >= 4 is 41.0 Å². The summed E-state index contributed by atoms with van der Waals surface area (Å²) in [6, 6.07) is 12.8. The van der Waals surface area contributed by atoms with E-state index in [2.05, 4.69) is 10.1 Å². The molecule has 0 spiro atoms. The number of benzene rings is 2. The van der Waals surface area contributed by atoms with E-state index in [1.165, 1.54) is 13.0 Å². The van der Waals surface area contributed by atoms with Gasteiger partial charge in [0.15, 0.2) is 18.4 Å². The van der Waals surface area contributed by atoms with E-state index in [9.17, 15) is 14.7 Å². The second-order valence-corrected chi connectivity index (χ2v) is 12.5. The Labute approximate surface area is 233 Å². The van der Waals surface area contributed by atoms with E-state index >= 15 is 8.78 Å². The monoisotopic (exact) mass is 598 g/mol. The van der Waals surface area contributed by atoms with Crippen LogP contribution in [0.15, 0.2) is 59.5 Å². The van der Waals surface area contributed by atoms with Crippen molar-refractivity contribution in [2.75, 3.05) is 12.3 Å². The topological polar surface area (TPSA) is 147 Å². The summed E-state index contributed by atoms with van der Waals surface area (Å²) in [5.74, 6) is -4.35. The molecular formula is C25H29F2N4O7PS. The summed E-state index contributed by atoms with van der Waals surface area (Å²) in [4.78, 5) is 28.1. The van der Waals surface area contributed by atoms with Crippen LogP contribution in [0, 0.1) is 0 Å². The minimum absolute atomic E-state index is 0.122. The third kappa shape index (κ3) is 6.65. The molecule has 0 amide bonds. The van der Waals surface area contributed by atoms with E-state index in [1.807, 2.05) is 24.3 Å². The molecule has 1 saturated heterocycles. The van der Waals surface area contributed by atoms with Gasteiger partial charge in [0.05, 0.1) is 12.7 Å². The number of carbonyl (C=O) groups is 1. The minimum atomic E-state index is -3.85. The molecule has 1 aromatic heterocycles. The molecule has 1 aliphatic heterocycles. The summed E-state index contributed by atoms with van der Waals surface area (Å²) in [5, 5.41) is 14.9. The van der Waals surface area contributed by atoms with E-state index in [1.54, 1.807) is 32.0 Å². The van der Waals surface area contributed by atoms with Crippen molar-refractivity contribution in [1.82, 2.24) is 14.6 Å². The zero-order valence-corrected chi connectivity index (χ0v) is 23.5. The maximum Gasteiger partial charge on any atom is 0.351 e. The van der Waals surface area contributed by atoms with Gasteiger partial charge in [-0.05, 0) is 61.5 Å². The van der Waals surface area contributed by atoms with Gasteiger partial charge in [0, 0.05) is 6.20 Å². The number of nitrogen functional groups attached to an aromatic ring is 1. The number of rotatable bonds is 10. The van der Waals surface area contributed by atoms with Gasteiger partial charge in [0.25, 0.3) is 0 Å². The Balaban J connectivity index is 1.57. The molecule has 15 heteroatoms. The molecule has 5 atom stereocenters. The van der Waals surface area contributed by atoms with Crippen LogP contribution in [0.3, 0.4) is 0 Å². The Morgan fingerprint density at radius 2 is 1.95 bits per heavy atom. The summed E-state index contributed by atoms with van der Waals surface area (Å²) >= 11 is 5.62. The van der Waals surface area contributed by atoms with Crippen LogP contribution < -0.4 is 21.0 Å². The number of ether oxygens (including phenoxy) is 2. The van der Waals surface area contributed by atoms with Gasteiger partial charge >= 0.3 is 24.2 Å². The fourth-order valence-electron chi connectivity index (χ4n) is 3.94. The Bertz CT molecular complexity index is 1490. The molecule has 0 radical (unpaired) electrons. The summed E-state index contributed by atoms with van der Waals surface area (Å²) in [7, 11) is 0. The van der Waals surface area contributed by atoms with Gasteiger partial charge < -0.3 is 29.4 Å². The maximum absolute atomic E-state index is 15.1. The number of aromatic nitrogens is 2. The first-order valence-electron chi connectivity index (χ1n) is 12.3. The maximum atomic E-state index is 15.1. The third-order valence-corrected chi connectivity index (χ3v) is 8.42. The third-order valence-electron chi connectivity index (χ3n) is 5.92. The number of aliphatic hydroxyl groups excluding tert-OH is 1. The SMILES string of the molecule is CC(C)OC(=O)C(C)NP(=S)(OCC1OC(n2ccc(N)nc2=O)C(O)C1(F)F)Oc1ccc2ccccc2c1. The van der Waals surface area contributed by atoms with Crippen molar-refractivity contribution in [2.45, 2.75) is 57.3 Å². The van der Waals surface area contributed by atoms with Crippen molar-refractivity contribution in [2.24, 2.45) is 0 Å². The van der Waals surface area contributed by atoms with Crippen LogP contribution in [0.25, 0.3) is 10.8 Å². The largest absolute Gasteiger partial charge is 0.462 e. The highest BCUT2D eigenvalue weighted by atomic mass is 32.5. The number of nitrogens with one attached hydrogen (secondary N) is 1. The molecule has 2 aromatic carbocycles. The number of anilines is 1. The standard InChI is InChI=1S/C25H29F2N4O7PS/c1-14(2)36-23(33)15(3)30-39(40,38-18-9-8-16-6-4-5-7-17(16)12-18)35-13-19-25(26,27)21(32)22(37-19)31-11-10-20(28)29-24(31)34/h4-12,14-15,19,21-22,32H,13H2,1-3H3,(H,30,40)(H2,28,29,34). The molecule has 4 N–H and O–H groups in total. The van der Waals surface area contributed by atoms with Crippen molar-refractivity contribution in [1.29, 1.82) is 0 Å². The molecule has 3 aromatic rings. The highest BCUT2D eigenvalue weighted by Crippen LogP contribution is 2.48. The number of nitrogens with two attached hydrogens (primary N) is 1. The second kappa shape index (κ2) is 11.9. The van der Waals surface area contributed by atoms with Crippen molar-refractivity contribution in [3.8, 4) is 5.75 Å². The lowest BCUT2D eigenvalue weighted by Gasteiger charge is -2.28. The normalized spacial score (nSPS) is 22.6. The first-order chi connectivity index (χ1) is 18.8. The number of hydrogen-bond donors (Lipinski definition) is 3. The van der Waals surface area contributed by atoms with Crippen LogP contribution in [-0.2, 0) is 30.6 Å². The number of carbonyl (C=O) groups excluding carboxylic acids is 1. The zero-order chi connectivity index (χ0) is 29.2. The number of esters is 1. The number of aliphatic hydroxyl groups is 1. The van der Waals surface area contributed by atoms with Crippen LogP contribution in [-0.4, -0.2) is 57.5 Å². The second-order valence-electron chi connectivity index (χ2n) is 9.41. The average molecular weight is 599 g/mol. The zero-order valence-electron chi connectivity index (χ0n) is 21.8. The molecule has 0 aliphatic carbocycles. The molecule has 0 saturated carbocycles. The van der Waals surface area contributed by atoms with Crippen molar-refractivity contribution in [3.63, 3.8) is 0 Å². The summed E-state index contributed by atoms with van der Waals surface area (Å²) in [5.41, 5.74) is 4.48. The van der Waals surface area contributed by atoms with Gasteiger partial charge in [-0.3, -0.25) is 9.36 Å². The van der Waals surface area contributed by atoms with Crippen LogP contribution >= 0.6 is 6.64 Å². The van der Waals surface area contributed by atoms with Crippen LogP contribution in [0.4, 0.5) is 14.6 Å². The Kier molecular flexibility index (Phi) is 8.88. The molecule has 1 fully saturated rings. The Morgan fingerprint density at radius 3 is 2.62 bits per heavy atom. The van der Waals surface area contributed by atoms with Gasteiger partial charge in [-0.1, -0.05) is 30.3 Å². The predicted octanol–water partition coefficient (Wildman–Crippen LogP) is 3.12. The lowest BCUT2D eigenvalue weighted by atomic mass is 10.1. The summed E-state index contributed by atoms with van der Waals surface area (Å²) in [6.45, 7) is 0.253. The fraction of sp³-hybridized carbons (Fsp3) is 0.400. The highest BCUT2D eigenvalue weighted by molar-refractivity contribution is 8.09.